The van der Waals surface area contributed by atoms with Gasteiger partial charge >= 0.3 is 37.0 Å². The van der Waals surface area contributed by atoms with E-state index < -0.39 is 6.10 Å². The van der Waals surface area contributed by atoms with E-state index in [1.165, 1.54) is 3.93 Å². The summed E-state index contributed by atoms with van der Waals surface area (Å²) >= 11 is 5.43. The summed E-state index contributed by atoms with van der Waals surface area (Å²) in [5.74, 6) is 0.219. The second-order valence-electron chi connectivity index (χ2n) is 1.50. The Hall–Kier alpha value is 1.21. The van der Waals surface area contributed by atoms with E-state index in [0.29, 0.717) is 0 Å². The largest absolute Gasteiger partial charge is 0.790 e. The number of hydrogen-bond donors (Lipinski definition) is 2. The normalized spacial score (nSPS) is 11.8. The van der Waals surface area contributed by atoms with Crippen LogP contribution in [0.25, 0.3) is 0 Å². The van der Waals surface area contributed by atoms with Crippen molar-refractivity contribution >= 4 is 12.6 Å². The van der Waals surface area contributed by atoms with Crippen molar-refractivity contribution in [3.63, 3.8) is 0 Å². The molecule has 52 valence electrons. The molecule has 1 unspecified atom stereocenters. The standard InChI is InChI=1S/C3H8O2S.C2H5.Hg/c4-1-3(5)2-6;1-2;/h3-6H,1-2H2;1H2,2H3;/q;;+1/p-1. The molecule has 9 heavy (non-hydrogen) atoms. The third kappa shape index (κ3) is 17.6. The Labute approximate surface area is 78.0 Å². The van der Waals surface area contributed by atoms with E-state index in [-0.39, 0.29) is 12.4 Å². The summed E-state index contributed by atoms with van der Waals surface area (Å²) in [6.07, 6.45) is -0.694. The quantitative estimate of drug-likeness (QED) is 0.545. The maximum Gasteiger partial charge on any atom is 0.0672 e. The molecular formula is C5H12HgO2S. The number of rotatable bonds is 2. The van der Waals surface area contributed by atoms with Gasteiger partial charge in [0.2, 0.25) is 0 Å². The van der Waals surface area contributed by atoms with Crippen LogP contribution in [-0.4, -0.2) is 28.7 Å². The fraction of sp³-hybridized carbons (Fsp3) is 1.00. The van der Waals surface area contributed by atoms with Gasteiger partial charge in [0.1, 0.15) is 0 Å². The van der Waals surface area contributed by atoms with Gasteiger partial charge in [-0.05, 0) is 0 Å². The zero-order valence-corrected chi connectivity index (χ0v) is 12.0. The zero-order valence-electron chi connectivity index (χ0n) is 5.71. The first kappa shape index (κ1) is 12.8. The summed E-state index contributed by atoms with van der Waals surface area (Å²) in [6.45, 7) is 1.99. The van der Waals surface area contributed by atoms with E-state index in [4.69, 9.17) is 10.2 Å². The molecule has 2 nitrogen and oxygen atoms in total. The van der Waals surface area contributed by atoms with E-state index in [1.54, 1.807) is 0 Å². The average Bonchev–Trinajstić information content (AvgIpc) is 1.88. The van der Waals surface area contributed by atoms with Crippen molar-refractivity contribution < 1.29 is 36.3 Å². The maximum absolute atomic E-state index is 8.31. The Morgan fingerprint density at radius 3 is 2.00 bits per heavy atom. The molecule has 0 aromatic carbocycles. The summed E-state index contributed by atoms with van der Waals surface area (Å²) in [4.78, 5) is 0. The van der Waals surface area contributed by atoms with Crippen molar-refractivity contribution in [3.8, 4) is 0 Å². The minimum Gasteiger partial charge on any atom is -0.790 e. The van der Waals surface area contributed by atoms with E-state index >= 15 is 0 Å². The van der Waals surface area contributed by atoms with E-state index in [0.717, 1.165) is 26.1 Å². The van der Waals surface area contributed by atoms with Crippen LogP contribution in [0.15, 0.2) is 0 Å². The summed E-state index contributed by atoms with van der Waals surface area (Å²) in [5, 5.41) is 16.3. The minimum atomic E-state index is -0.694. The fourth-order valence-electron chi connectivity index (χ4n) is 0.0527. The molecule has 0 aliphatic rings. The molecule has 4 heteroatoms. The first-order valence-corrected chi connectivity index (χ1v) is 7.35. The van der Waals surface area contributed by atoms with Crippen LogP contribution in [0, 0.1) is 0 Å². The molecule has 2 N–H and O–H groups in total. The monoisotopic (exact) mass is 338 g/mol. The van der Waals surface area contributed by atoms with Crippen LogP contribution >= 0.6 is 0 Å². The van der Waals surface area contributed by atoms with Crippen molar-refractivity contribution in [1.29, 1.82) is 0 Å². The topological polar surface area (TPSA) is 40.5 Å². The first-order valence-electron chi connectivity index (χ1n) is 2.89. The average molecular weight is 337 g/mol. The fourth-order valence-corrected chi connectivity index (χ4v) is 0.158. The van der Waals surface area contributed by atoms with Crippen LogP contribution in [0.2, 0.25) is 3.93 Å². The van der Waals surface area contributed by atoms with Crippen molar-refractivity contribution in [2.45, 2.75) is 17.0 Å². The Balaban J connectivity index is 0. The molecule has 0 aliphatic heterocycles. The van der Waals surface area contributed by atoms with Gasteiger partial charge in [-0.3, -0.25) is 0 Å². The molecule has 0 aromatic rings. The van der Waals surface area contributed by atoms with Gasteiger partial charge in [-0.15, -0.1) is 5.75 Å². The van der Waals surface area contributed by atoms with Gasteiger partial charge < -0.3 is 22.8 Å². The number of aliphatic hydroxyl groups excluding tert-OH is 2. The Bertz CT molecular complexity index is 41.9. The molecule has 0 heterocycles. The molecule has 1 atom stereocenters. The third-order valence-corrected chi connectivity index (χ3v) is 0.788. The van der Waals surface area contributed by atoms with Gasteiger partial charge in [0.05, 0.1) is 12.7 Å². The SMILES string of the molecule is C[CH2][Hg+].OCC(O)C[S-]. The second-order valence-corrected chi connectivity index (χ2v) is 5.72. The van der Waals surface area contributed by atoms with Gasteiger partial charge in [0.25, 0.3) is 0 Å². The van der Waals surface area contributed by atoms with Crippen LogP contribution in [0.5, 0.6) is 0 Å². The van der Waals surface area contributed by atoms with Crippen LogP contribution in [0.3, 0.4) is 0 Å². The summed E-state index contributed by atoms with van der Waals surface area (Å²) in [5.41, 5.74) is 0. The Morgan fingerprint density at radius 1 is 1.67 bits per heavy atom. The Kier molecular flexibility index (Phi) is 17.0. The zero-order chi connectivity index (χ0) is 7.70. The van der Waals surface area contributed by atoms with Gasteiger partial charge in [-0.2, -0.15) is 0 Å². The van der Waals surface area contributed by atoms with Gasteiger partial charge in [0.15, 0.2) is 0 Å². The first-order chi connectivity index (χ1) is 4.22. The van der Waals surface area contributed by atoms with E-state index in [9.17, 15) is 0 Å². The molecule has 0 amide bonds. The molecule has 0 fully saturated rings. The van der Waals surface area contributed by atoms with Crippen molar-refractivity contribution in [2.75, 3.05) is 12.4 Å². The summed E-state index contributed by atoms with van der Waals surface area (Å²) in [6, 6.07) is 0. The van der Waals surface area contributed by atoms with Crippen LogP contribution in [0.4, 0.5) is 0 Å². The summed E-state index contributed by atoms with van der Waals surface area (Å²) < 4.78 is 1.44. The van der Waals surface area contributed by atoms with Crippen molar-refractivity contribution in [2.24, 2.45) is 0 Å². The number of hydrogen-bond acceptors (Lipinski definition) is 3. The molecule has 0 aliphatic carbocycles. The molecule has 0 saturated carbocycles. The molecular weight excluding hydrogens is 325 g/mol. The predicted octanol–water partition coefficient (Wildman–Crippen LogP) is -0.142. The van der Waals surface area contributed by atoms with E-state index in [1.807, 2.05) is 0 Å². The minimum absolute atomic E-state index is 0.219. The number of aliphatic hydroxyl groups is 2. The molecule has 0 spiro atoms. The van der Waals surface area contributed by atoms with Crippen molar-refractivity contribution in [3.05, 3.63) is 0 Å². The smallest absolute Gasteiger partial charge is 0.0672 e. The molecule has 0 radical (unpaired) electrons. The Morgan fingerprint density at radius 2 is 2.00 bits per heavy atom. The van der Waals surface area contributed by atoms with Gasteiger partial charge in [-0.25, -0.2) is 0 Å². The molecule has 0 bridgehead atoms. The summed E-state index contributed by atoms with van der Waals surface area (Å²) in [7, 11) is 0. The molecule has 0 aromatic heterocycles. The molecule has 0 rings (SSSR count). The van der Waals surface area contributed by atoms with E-state index in [2.05, 4.69) is 19.6 Å². The van der Waals surface area contributed by atoms with Gasteiger partial charge in [-0.1, -0.05) is 0 Å². The predicted molar refractivity (Wildman–Crippen MR) is 35.8 cm³/mol. The second kappa shape index (κ2) is 11.9. The maximum atomic E-state index is 8.31. The van der Waals surface area contributed by atoms with Crippen LogP contribution < -0.4 is 0 Å². The van der Waals surface area contributed by atoms with Crippen molar-refractivity contribution in [1.82, 2.24) is 0 Å². The molecule has 0 saturated heterocycles. The third-order valence-electron chi connectivity index (χ3n) is 0.403. The van der Waals surface area contributed by atoms with Crippen LogP contribution in [0.1, 0.15) is 6.92 Å². The van der Waals surface area contributed by atoms with Crippen LogP contribution in [-0.2, 0) is 38.8 Å². The van der Waals surface area contributed by atoms with Gasteiger partial charge in [0, 0.05) is 0 Å².